The standard InChI is InChI=1S/C11H21N3O4S/c1-3-7-14-10(15)8-9(11(14)16)12-5-4-6-13-19(2,17)18/h9,12-13H,3-8H2,1-2H3. The van der Waals surface area contributed by atoms with Crippen molar-refractivity contribution in [3.8, 4) is 0 Å². The van der Waals surface area contributed by atoms with Crippen LogP contribution < -0.4 is 10.0 Å². The number of sulfonamides is 1. The number of imide groups is 1. The quantitative estimate of drug-likeness (QED) is 0.444. The van der Waals surface area contributed by atoms with Gasteiger partial charge in [0.2, 0.25) is 21.8 Å². The number of hydrogen-bond donors (Lipinski definition) is 2. The maximum absolute atomic E-state index is 11.9. The van der Waals surface area contributed by atoms with Crippen LogP contribution in [0.15, 0.2) is 0 Å². The van der Waals surface area contributed by atoms with Crippen LogP contribution in [0.3, 0.4) is 0 Å². The summed E-state index contributed by atoms with van der Waals surface area (Å²) in [6.45, 7) is 3.19. The number of carbonyl (C=O) groups excluding carboxylic acids is 2. The van der Waals surface area contributed by atoms with Gasteiger partial charge in [0, 0.05) is 13.1 Å². The van der Waals surface area contributed by atoms with Crippen molar-refractivity contribution in [1.29, 1.82) is 0 Å². The van der Waals surface area contributed by atoms with Gasteiger partial charge >= 0.3 is 0 Å². The number of nitrogens with one attached hydrogen (secondary N) is 2. The molecule has 19 heavy (non-hydrogen) atoms. The molecule has 2 N–H and O–H groups in total. The van der Waals surface area contributed by atoms with Crippen molar-refractivity contribution in [3.05, 3.63) is 0 Å². The fourth-order valence-electron chi connectivity index (χ4n) is 1.92. The number of amides is 2. The Labute approximate surface area is 113 Å². The number of nitrogens with zero attached hydrogens (tertiary/aromatic N) is 1. The Kier molecular flexibility index (Phi) is 5.89. The molecule has 0 aliphatic carbocycles. The van der Waals surface area contributed by atoms with Crippen molar-refractivity contribution < 1.29 is 18.0 Å². The van der Waals surface area contributed by atoms with Gasteiger partial charge in [-0.05, 0) is 19.4 Å². The van der Waals surface area contributed by atoms with Gasteiger partial charge in [0.05, 0.1) is 18.7 Å². The summed E-state index contributed by atoms with van der Waals surface area (Å²) in [5.41, 5.74) is 0. The van der Waals surface area contributed by atoms with Crippen molar-refractivity contribution in [3.63, 3.8) is 0 Å². The zero-order valence-corrected chi connectivity index (χ0v) is 12.1. The minimum absolute atomic E-state index is 0.140. The van der Waals surface area contributed by atoms with Crippen LogP contribution in [0.4, 0.5) is 0 Å². The second kappa shape index (κ2) is 6.97. The third-order valence-corrected chi connectivity index (χ3v) is 3.53. The lowest BCUT2D eigenvalue weighted by Gasteiger charge is -2.14. The van der Waals surface area contributed by atoms with Crippen LogP contribution >= 0.6 is 0 Å². The smallest absolute Gasteiger partial charge is 0.246 e. The van der Waals surface area contributed by atoms with Crippen LogP contribution in [-0.4, -0.2) is 57.1 Å². The largest absolute Gasteiger partial charge is 0.305 e. The summed E-state index contributed by atoms with van der Waals surface area (Å²) in [6, 6.07) is -0.461. The predicted octanol–water partition coefficient (Wildman–Crippen LogP) is -0.947. The van der Waals surface area contributed by atoms with Crippen LogP contribution in [0.5, 0.6) is 0 Å². The molecule has 0 aromatic carbocycles. The van der Waals surface area contributed by atoms with E-state index in [1.807, 2.05) is 6.92 Å². The van der Waals surface area contributed by atoms with Crippen molar-refractivity contribution in [1.82, 2.24) is 14.9 Å². The zero-order chi connectivity index (χ0) is 14.5. The van der Waals surface area contributed by atoms with Gasteiger partial charge in [-0.25, -0.2) is 13.1 Å². The van der Waals surface area contributed by atoms with Crippen LogP contribution in [0, 0.1) is 0 Å². The van der Waals surface area contributed by atoms with Crippen LogP contribution in [0.25, 0.3) is 0 Å². The molecule has 0 spiro atoms. The van der Waals surface area contributed by atoms with E-state index < -0.39 is 16.1 Å². The Hall–Kier alpha value is -0.990. The minimum Gasteiger partial charge on any atom is -0.305 e. The molecule has 2 amide bonds. The Balaban J connectivity index is 2.27. The van der Waals surface area contributed by atoms with E-state index in [2.05, 4.69) is 10.0 Å². The van der Waals surface area contributed by atoms with Gasteiger partial charge < -0.3 is 5.32 Å². The van der Waals surface area contributed by atoms with Gasteiger partial charge in [-0.15, -0.1) is 0 Å². The summed E-state index contributed by atoms with van der Waals surface area (Å²) in [7, 11) is -3.17. The highest BCUT2D eigenvalue weighted by molar-refractivity contribution is 7.88. The SMILES string of the molecule is CCCN1C(=O)CC(NCCCNS(C)(=O)=O)C1=O. The minimum atomic E-state index is -3.17. The van der Waals surface area contributed by atoms with E-state index in [-0.39, 0.29) is 18.2 Å². The monoisotopic (exact) mass is 291 g/mol. The molecule has 1 aliphatic heterocycles. The fourth-order valence-corrected chi connectivity index (χ4v) is 2.44. The first-order chi connectivity index (χ1) is 8.85. The topological polar surface area (TPSA) is 95.6 Å². The van der Waals surface area contributed by atoms with E-state index in [0.29, 0.717) is 26.1 Å². The highest BCUT2D eigenvalue weighted by Gasteiger charge is 2.37. The molecule has 110 valence electrons. The Morgan fingerprint density at radius 3 is 2.58 bits per heavy atom. The van der Waals surface area contributed by atoms with E-state index in [1.54, 1.807) is 0 Å². The molecule has 1 heterocycles. The number of likely N-dealkylation sites (tertiary alicyclic amines) is 1. The van der Waals surface area contributed by atoms with Crippen molar-refractivity contribution in [2.75, 3.05) is 25.9 Å². The molecule has 1 rings (SSSR count). The van der Waals surface area contributed by atoms with Gasteiger partial charge in [0.15, 0.2) is 0 Å². The Morgan fingerprint density at radius 2 is 2.00 bits per heavy atom. The molecule has 0 radical (unpaired) electrons. The lowest BCUT2D eigenvalue weighted by Crippen LogP contribution is -2.40. The van der Waals surface area contributed by atoms with Gasteiger partial charge in [0.1, 0.15) is 0 Å². The first kappa shape index (κ1) is 16.1. The second-order valence-corrected chi connectivity index (χ2v) is 6.45. The fraction of sp³-hybridized carbons (Fsp3) is 0.818. The zero-order valence-electron chi connectivity index (χ0n) is 11.3. The molecule has 1 aliphatic rings. The molecule has 1 unspecified atom stereocenters. The van der Waals surface area contributed by atoms with Gasteiger partial charge in [0.25, 0.3) is 0 Å². The molecule has 8 heteroatoms. The van der Waals surface area contributed by atoms with E-state index in [1.165, 1.54) is 4.90 Å². The van der Waals surface area contributed by atoms with Crippen LogP contribution in [0.1, 0.15) is 26.2 Å². The molecule has 0 aromatic heterocycles. The van der Waals surface area contributed by atoms with Crippen LogP contribution in [-0.2, 0) is 19.6 Å². The van der Waals surface area contributed by atoms with Gasteiger partial charge in [-0.1, -0.05) is 6.92 Å². The highest BCUT2D eigenvalue weighted by atomic mass is 32.2. The molecule has 0 saturated carbocycles. The molecule has 1 saturated heterocycles. The lowest BCUT2D eigenvalue weighted by atomic mass is 10.2. The third kappa shape index (κ3) is 5.25. The first-order valence-electron chi connectivity index (χ1n) is 6.37. The summed E-state index contributed by atoms with van der Waals surface area (Å²) in [4.78, 5) is 24.7. The summed E-state index contributed by atoms with van der Waals surface area (Å²) in [5.74, 6) is -0.318. The first-order valence-corrected chi connectivity index (χ1v) is 8.26. The maximum atomic E-state index is 11.9. The average Bonchev–Trinajstić information content (AvgIpc) is 2.55. The number of carbonyl (C=O) groups is 2. The van der Waals surface area contributed by atoms with E-state index in [0.717, 1.165) is 12.7 Å². The molecule has 1 atom stereocenters. The van der Waals surface area contributed by atoms with Crippen LogP contribution in [0.2, 0.25) is 0 Å². The molecular weight excluding hydrogens is 270 g/mol. The van der Waals surface area contributed by atoms with Crippen molar-refractivity contribution >= 4 is 21.8 Å². The second-order valence-electron chi connectivity index (χ2n) is 4.61. The molecule has 0 aromatic rings. The maximum Gasteiger partial charge on any atom is 0.246 e. The Morgan fingerprint density at radius 1 is 1.32 bits per heavy atom. The average molecular weight is 291 g/mol. The normalized spacial score (nSPS) is 20.3. The van der Waals surface area contributed by atoms with Gasteiger partial charge in [-0.2, -0.15) is 0 Å². The van der Waals surface area contributed by atoms with Gasteiger partial charge in [-0.3, -0.25) is 14.5 Å². The summed E-state index contributed by atoms with van der Waals surface area (Å²) in [5, 5.41) is 2.99. The van der Waals surface area contributed by atoms with Crippen molar-refractivity contribution in [2.24, 2.45) is 0 Å². The Bertz CT molecular complexity index is 435. The van der Waals surface area contributed by atoms with E-state index >= 15 is 0 Å². The summed E-state index contributed by atoms with van der Waals surface area (Å²) in [6.07, 6.45) is 2.61. The lowest BCUT2D eigenvalue weighted by molar-refractivity contribution is -0.138. The van der Waals surface area contributed by atoms with E-state index in [9.17, 15) is 18.0 Å². The predicted molar refractivity (Wildman–Crippen MR) is 70.9 cm³/mol. The molecule has 1 fully saturated rings. The summed E-state index contributed by atoms with van der Waals surface area (Å²) >= 11 is 0. The third-order valence-electron chi connectivity index (χ3n) is 2.80. The van der Waals surface area contributed by atoms with E-state index in [4.69, 9.17) is 0 Å². The van der Waals surface area contributed by atoms with Crippen molar-refractivity contribution in [2.45, 2.75) is 32.2 Å². The summed E-state index contributed by atoms with van der Waals surface area (Å²) < 4.78 is 24.0. The molecule has 0 bridgehead atoms. The molecular formula is C11H21N3O4S. The number of hydrogen-bond acceptors (Lipinski definition) is 5. The highest BCUT2D eigenvalue weighted by Crippen LogP contribution is 2.13. The number of rotatable bonds is 8. The molecule has 7 nitrogen and oxygen atoms in total.